The molecule has 1 N–H and O–H groups in total. The second kappa shape index (κ2) is 16.2. The highest BCUT2D eigenvalue weighted by molar-refractivity contribution is 9.08. The fourth-order valence-corrected chi connectivity index (χ4v) is 5.58. The highest BCUT2D eigenvalue weighted by Gasteiger charge is 2.34. The van der Waals surface area contributed by atoms with Crippen LogP contribution < -0.4 is 4.74 Å². The number of rotatable bonds is 9. The van der Waals surface area contributed by atoms with Gasteiger partial charge in [0, 0.05) is 22.7 Å². The van der Waals surface area contributed by atoms with E-state index in [1.54, 1.807) is 54.6 Å². The van der Waals surface area contributed by atoms with Crippen LogP contribution in [0.3, 0.4) is 0 Å². The predicted molar refractivity (Wildman–Crippen MR) is 187 cm³/mol. The third kappa shape index (κ3) is 8.91. The minimum absolute atomic E-state index is 0.120. The van der Waals surface area contributed by atoms with Gasteiger partial charge in [0.1, 0.15) is 17.9 Å². The molecule has 0 aliphatic heterocycles. The van der Waals surface area contributed by atoms with Crippen LogP contribution in [0, 0.1) is 0 Å². The van der Waals surface area contributed by atoms with E-state index in [-0.39, 0.29) is 23.7 Å². The number of esters is 1. The van der Waals surface area contributed by atoms with Gasteiger partial charge >= 0.3 is 18.1 Å². The lowest BCUT2D eigenvalue weighted by molar-refractivity contribution is -0.136. The number of carbonyl (C=O) groups excluding carboxylic acids is 1. The molecule has 11 heteroatoms. The number of hydrogen-bond donors (Lipinski definition) is 1. The van der Waals surface area contributed by atoms with E-state index in [1.165, 1.54) is 25.3 Å². The largest absolute Gasteiger partial charge is 0.489 e. The summed E-state index contributed by atoms with van der Waals surface area (Å²) in [7, 11) is 1.38. The average molecular weight is 744 g/mol. The highest BCUT2D eigenvalue weighted by atomic mass is 79.9. The summed E-state index contributed by atoms with van der Waals surface area (Å²) in [6.45, 7) is 0.120. The number of carbonyl (C=O) groups is 2. The van der Waals surface area contributed by atoms with Gasteiger partial charge < -0.3 is 14.6 Å². The maximum atomic E-state index is 13.8. The Balaban J connectivity index is 0.000000343. The number of halogens is 4. The molecule has 6 aromatic rings. The molecule has 0 amide bonds. The second-order valence-electron chi connectivity index (χ2n) is 11.0. The Morgan fingerprint density at radius 1 is 0.760 bits per heavy atom. The van der Waals surface area contributed by atoms with Crippen molar-refractivity contribution in [2.24, 2.45) is 0 Å². The molecule has 0 unspecified atom stereocenters. The van der Waals surface area contributed by atoms with Gasteiger partial charge in [-0.05, 0) is 64.7 Å². The minimum Gasteiger partial charge on any atom is -0.489 e. The van der Waals surface area contributed by atoms with Gasteiger partial charge in [0.2, 0.25) is 0 Å². The summed E-state index contributed by atoms with van der Waals surface area (Å²) in [6.07, 6.45) is -4.20. The Morgan fingerprint density at radius 3 is 2.12 bits per heavy atom. The van der Waals surface area contributed by atoms with E-state index in [9.17, 15) is 27.9 Å². The number of hydrogen-bond acceptors (Lipinski definition) is 6. The number of aromatic nitrogens is 2. The van der Waals surface area contributed by atoms with Crippen LogP contribution in [-0.2, 0) is 29.3 Å². The van der Waals surface area contributed by atoms with Crippen LogP contribution in [0.2, 0.25) is 0 Å². The summed E-state index contributed by atoms with van der Waals surface area (Å²) >= 11 is 3.31. The van der Waals surface area contributed by atoms with Crippen LogP contribution in [0.25, 0.3) is 22.0 Å². The van der Waals surface area contributed by atoms with Crippen molar-refractivity contribution in [1.82, 2.24) is 10.2 Å². The first-order valence-corrected chi connectivity index (χ1v) is 16.4. The fourth-order valence-electron chi connectivity index (χ4n) is 5.23. The van der Waals surface area contributed by atoms with E-state index in [4.69, 9.17) is 4.74 Å². The number of carboxylic acids is 1. The normalized spacial score (nSPS) is 11.0. The van der Waals surface area contributed by atoms with Crippen molar-refractivity contribution in [1.29, 1.82) is 0 Å². The molecule has 0 fully saturated rings. The van der Waals surface area contributed by atoms with E-state index in [0.717, 1.165) is 22.5 Å². The van der Waals surface area contributed by atoms with Crippen LogP contribution in [0.1, 0.15) is 48.7 Å². The van der Waals surface area contributed by atoms with Crippen molar-refractivity contribution in [2.75, 3.05) is 7.11 Å². The molecular weight excluding hydrogens is 713 g/mol. The molecule has 6 rings (SSSR count). The summed E-state index contributed by atoms with van der Waals surface area (Å²) in [5.74, 6) is -0.848. The smallest absolute Gasteiger partial charge is 0.418 e. The molecular formula is C39H30BrF3N2O5. The molecule has 1 aromatic heterocycles. The lowest BCUT2D eigenvalue weighted by atomic mass is 9.94. The molecule has 0 atom stereocenters. The van der Waals surface area contributed by atoms with Gasteiger partial charge in [-0.1, -0.05) is 94.8 Å². The van der Waals surface area contributed by atoms with Crippen LogP contribution in [0.15, 0.2) is 121 Å². The lowest BCUT2D eigenvalue weighted by Crippen LogP contribution is -2.09. The summed E-state index contributed by atoms with van der Waals surface area (Å²) in [5.41, 5.74) is 4.08. The van der Waals surface area contributed by atoms with Gasteiger partial charge in [-0.15, -0.1) is 5.10 Å². The summed E-state index contributed by atoms with van der Waals surface area (Å²) in [5, 5.41) is 18.6. The van der Waals surface area contributed by atoms with Gasteiger partial charge in [-0.25, -0.2) is 9.59 Å². The molecule has 0 bridgehead atoms. The van der Waals surface area contributed by atoms with E-state index < -0.39 is 17.7 Å². The van der Waals surface area contributed by atoms with Crippen molar-refractivity contribution < 1.29 is 37.3 Å². The van der Waals surface area contributed by atoms with E-state index >= 15 is 0 Å². The quantitative estimate of drug-likeness (QED) is 0.116. The highest BCUT2D eigenvalue weighted by Crippen LogP contribution is 2.39. The number of nitrogens with zero attached hydrogens (tertiary/aromatic N) is 2. The summed E-state index contributed by atoms with van der Waals surface area (Å²) in [6, 6.07) is 34.3. The maximum Gasteiger partial charge on any atom is 0.418 e. The van der Waals surface area contributed by atoms with Crippen molar-refractivity contribution >= 4 is 38.8 Å². The Kier molecular flexibility index (Phi) is 11.6. The van der Waals surface area contributed by atoms with Crippen LogP contribution >= 0.6 is 15.9 Å². The summed E-state index contributed by atoms with van der Waals surface area (Å²) in [4.78, 5) is 22.3. The molecule has 0 saturated carbocycles. The van der Waals surface area contributed by atoms with Gasteiger partial charge in [0.15, 0.2) is 0 Å². The van der Waals surface area contributed by atoms with Crippen LogP contribution in [-0.4, -0.2) is 34.4 Å². The number of benzene rings is 5. The average Bonchev–Trinajstić information content (AvgIpc) is 3.13. The third-order valence-electron chi connectivity index (χ3n) is 7.59. The third-order valence-corrected chi connectivity index (χ3v) is 8.24. The zero-order valence-electron chi connectivity index (χ0n) is 26.7. The monoisotopic (exact) mass is 742 g/mol. The SMILES string of the molecule is COC(=O)c1cccc(CBr)c1.O=C(O)c1cccc(COc2cccc(-c3c(Cc4ccccc4)nnc4c(C(F)(F)F)cccc34)c2)c1. The van der Waals surface area contributed by atoms with Crippen LogP contribution in [0.4, 0.5) is 13.2 Å². The van der Waals surface area contributed by atoms with Crippen molar-refractivity contribution in [3.63, 3.8) is 0 Å². The molecule has 254 valence electrons. The van der Waals surface area contributed by atoms with Crippen LogP contribution in [0.5, 0.6) is 5.75 Å². The molecule has 7 nitrogen and oxygen atoms in total. The maximum absolute atomic E-state index is 13.8. The molecule has 0 aliphatic rings. The Labute approximate surface area is 294 Å². The van der Waals surface area contributed by atoms with Crippen molar-refractivity contribution in [3.05, 3.63) is 160 Å². The zero-order valence-corrected chi connectivity index (χ0v) is 28.2. The number of carboxylic acid groups (broad SMARTS) is 1. The number of aromatic carboxylic acids is 1. The lowest BCUT2D eigenvalue weighted by Gasteiger charge is -2.16. The molecule has 0 radical (unpaired) electrons. The van der Waals surface area contributed by atoms with Gasteiger partial charge in [0.05, 0.1) is 29.5 Å². The van der Waals surface area contributed by atoms with E-state index in [1.807, 2.05) is 42.5 Å². The topological polar surface area (TPSA) is 98.6 Å². The Bertz CT molecular complexity index is 2120. The number of methoxy groups -OCH3 is 1. The predicted octanol–water partition coefficient (Wildman–Crippen LogP) is 9.55. The molecule has 0 saturated heterocycles. The zero-order chi connectivity index (χ0) is 35.7. The first-order chi connectivity index (χ1) is 24.1. The molecule has 5 aromatic carbocycles. The number of alkyl halides is 4. The second-order valence-corrected chi connectivity index (χ2v) is 11.6. The van der Waals surface area contributed by atoms with E-state index in [2.05, 4.69) is 30.9 Å². The van der Waals surface area contributed by atoms with Gasteiger partial charge in [-0.2, -0.15) is 18.3 Å². The van der Waals surface area contributed by atoms with Gasteiger partial charge in [-0.3, -0.25) is 0 Å². The number of fused-ring (bicyclic) bond motifs is 1. The first kappa shape index (κ1) is 35.7. The summed E-state index contributed by atoms with van der Waals surface area (Å²) < 4.78 is 51.8. The molecule has 0 spiro atoms. The molecule has 50 heavy (non-hydrogen) atoms. The standard InChI is InChI=1S/C30H21F3N2O3.C9H9BrO2/c31-30(32,33)25-14-6-13-24-27(26(34-35-28(24)25)16-19-7-2-1-3-8-19)21-10-5-12-23(17-21)38-18-20-9-4-11-22(15-20)29(36)37;1-12-9(11)8-4-2-3-7(5-8)6-10/h1-15,17H,16,18H2,(H,36,37);2-5H,6H2,1H3. The number of ether oxygens (including phenoxy) is 2. The Morgan fingerprint density at radius 2 is 1.42 bits per heavy atom. The van der Waals surface area contributed by atoms with Gasteiger partial charge in [0.25, 0.3) is 0 Å². The molecule has 1 heterocycles. The minimum atomic E-state index is -4.58. The van der Waals surface area contributed by atoms with Crippen molar-refractivity contribution in [3.8, 4) is 16.9 Å². The van der Waals surface area contributed by atoms with E-state index in [0.29, 0.717) is 45.5 Å². The fraction of sp³-hybridized carbons (Fsp3) is 0.128. The molecule has 0 aliphatic carbocycles. The van der Waals surface area contributed by atoms with Crippen molar-refractivity contribution in [2.45, 2.75) is 24.5 Å². The Hall–Kier alpha value is -5.55. The first-order valence-electron chi connectivity index (χ1n) is 15.3.